The Bertz CT molecular complexity index is 699. The highest BCUT2D eigenvalue weighted by Gasteiger charge is 2.57. The van der Waals surface area contributed by atoms with E-state index >= 15 is 0 Å². The maximum Gasteiger partial charge on any atom is 0.317 e. The van der Waals surface area contributed by atoms with Crippen molar-refractivity contribution in [1.29, 1.82) is 0 Å². The first-order chi connectivity index (χ1) is 12.2. The summed E-state index contributed by atoms with van der Waals surface area (Å²) in [7, 11) is 0. The average molecular weight is 383 g/mol. The highest BCUT2D eigenvalue weighted by Crippen LogP contribution is 2.47. The highest BCUT2D eigenvalue weighted by molar-refractivity contribution is 6.30. The third-order valence-corrected chi connectivity index (χ3v) is 4.82. The molecule has 26 heavy (non-hydrogen) atoms. The van der Waals surface area contributed by atoms with E-state index in [0.29, 0.717) is 10.6 Å². The average Bonchev–Trinajstić information content (AvgIpc) is 2.53. The molecule has 1 aliphatic carbocycles. The van der Waals surface area contributed by atoms with Gasteiger partial charge in [-0.15, -0.1) is 0 Å². The van der Waals surface area contributed by atoms with Crippen LogP contribution in [0, 0.1) is 11.8 Å². The smallest absolute Gasteiger partial charge is 0.317 e. The molecule has 6 nitrogen and oxygen atoms in total. The molecule has 0 heterocycles. The number of Topliss-reactive ketones (excluding diaryl/α,β-unsaturated/α-hetero) is 1. The fourth-order valence-corrected chi connectivity index (χ4v) is 3.79. The van der Waals surface area contributed by atoms with Crippen molar-refractivity contribution >= 4 is 29.3 Å². The first kappa shape index (κ1) is 20.4. The molecular weight excluding hydrogens is 360 g/mol. The molecule has 1 aromatic carbocycles. The van der Waals surface area contributed by atoms with Crippen LogP contribution in [-0.2, 0) is 23.9 Å². The Morgan fingerprint density at radius 2 is 1.85 bits per heavy atom. The molecule has 0 amide bonds. The Hall–Kier alpha value is -1.92. The second-order valence-electron chi connectivity index (χ2n) is 6.54. The molecule has 0 aromatic heterocycles. The van der Waals surface area contributed by atoms with E-state index in [4.69, 9.17) is 21.1 Å². The lowest BCUT2D eigenvalue weighted by atomic mass is 9.62. The molecule has 2 rings (SSSR count). The summed E-state index contributed by atoms with van der Waals surface area (Å²) in [4.78, 5) is 37.8. The van der Waals surface area contributed by atoms with Gasteiger partial charge < -0.3 is 14.6 Å². The number of halogens is 1. The number of ether oxygens (including phenoxy) is 2. The zero-order valence-corrected chi connectivity index (χ0v) is 15.8. The zero-order chi connectivity index (χ0) is 19.5. The summed E-state index contributed by atoms with van der Waals surface area (Å²) in [5.74, 6) is -5.09. The molecule has 0 aliphatic heterocycles. The van der Waals surface area contributed by atoms with Gasteiger partial charge in [0.1, 0.15) is 5.92 Å². The van der Waals surface area contributed by atoms with E-state index in [1.165, 1.54) is 6.92 Å². The summed E-state index contributed by atoms with van der Waals surface area (Å²) in [6.45, 7) is 4.92. The summed E-state index contributed by atoms with van der Waals surface area (Å²) in [5, 5.41) is 11.2. The van der Waals surface area contributed by atoms with Crippen molar-refractivity contribution in [3.8, 4) is 0 Å². The molecule has 142 valence electrons. The van der Waals surface area contributed by atoms with Crippen LogP contribution in [0.3, 0.4) is 0 Å². The minimum Gasteiger partial charge on any atom is -0.466 e. The predicted molar refractivity (Wildman–Crippen MR) is 94.7 cm³/mol. The van der Waals surface area contributed by atoms with Crippen LogP contribution in [0.25, 0.3) is 0 Å². The van der Waals surface area contributed by atoms with Crippen molar-refractivity contribution in [2.24, 2.45) is 11.8 Å². The van der Waals surface area contributed by atoms with Crippen molar-refractivity contribution in [1.82, 2.24) is 0 Å². The molecule has 0 saturated heterocycles. The lowest BCUT2D eigenvalue weighted by Crippen LogP contribution is -2.55. The van der Waals surface area contributed by atoms with Crippen molar-refractivity contribution in [2.75, 3.05) is 13.2 Å². The number of esters is 2. The molecule has 0 bridgehead atoms. The van der Waals surface area contributed by atoms with E-state index in [-0.39, 0.29) is 19.6 Å². The monoisotopic (exact) mass is 382 g/mol. The SMILES string of the molecule is CCOC(=O)[C@@H]1C(=O)C[C@@](C)(O)[C@@H](C(=O)OCC)[C@@H]1c1cccc(Cl)c1. The Morgan fingerprint density at radius 1 is 1.23 bits per heavy atom. The first-order valence-corrected chi connectivity index (χ1v) is 8.94. The van der Waals surface area contributed by atoms with Crippen LogP contribution in [0.4, 0.5) is 0 Å². The van der Waals surface area contributed by atoms with Crippen LogP contribution >= 0.6 is 11.6 Å². The Morgan fingerprint density at radius 3 is 2.42 bits per heavy atom. The minimum absolute atomic E-state index is 0.103. The minimum atomic E-state index is -1.65. The highest BCUT2D eigenvalue weighted by atomic mass is 35.5. The van der Waals surface area contributed by atoms with Crippen LogP contribution in [0.5, 0.6) is 0 Å². The molecule has 0 unspecified atom stereocenters. The molecule has 1 aromatic rings. The molecule has 1 N–H and O–H groups in total. The van der Waals surface area contributed by atoms with Crippen molar-refractivity contribution < 1.29 is 29.0 Å². The zero-order valence-electron chi connectivity index (χ0n) is 15.0. The summed E-state index contributed by atoms with van der Waals surface area (Å²) in [6, 6.07) is 6.56. The lowest BCUT2D eigenvalue weighted by molar-refractivity contribution is -0.172. The summed E-state index contributed by atoms with van der Waals surface area (Å²) < 4.78 is 10.2. The Kier molecular flexibility index (Phi) is 6.42. The third-order valence-electron chi connectivity index (χ3n) is 4.58. The normalized spacial score (nSPS) is 28.5. The number of benzene rings is 1. The van der Waals surface area contributed by atoms with E-state index in [0.717, 1.165) is 0 Å². The van der Waals surface area contributed by atoms with Crippen LogP contribution in [0.1, 0.15) is 38.7 Å². The maximum absolute atomic E-state index is 12.7. The van der Waals surface area contributed by atoms with E-state index in [1.54, 1.807) is 38.1 Å². The summed E-state index contributed by atoms with van der Waals surface area (Å²) in [6.07, 6.45) is -0.336. The molecule has 7 heteroatoms. The van der Waals surface area contributed by atoms with Gasteiger partial charge in [0.25, 0.3) is 0 Å². The van der Waals surface area contributed by atoms with Gasteiger partial charge in [0, 0.05) is 17.4 Å². The number of ketones is 1. The topological polar surface area (TPSA) is 89.9 Å². The van der Waals surface area contributed by atoms with Crippen molar-refractivity contribution in [3.63, 3.8) is 0 Å². The standard InChI is InChI=1S/C19H23ClO6/c1-4-25-17(22)15-13(21)10-19(3,24)16(18(23)26-5-2)14(15)11-7-6-8-12(20)9-11/h6-9,14-16,24H,4-5,10H2,1-3H3/t14-,15-,16-,19-/m1/s1. The van der Waals surface area contributed by atoms with Crippen LogP contribution in [-0.4, -0.2) is 41.6 Å². The lowest BCUT2D eigenvalue weighted by Gasteiger charge is -2.43. The number of rotatable bonds is 5. The molecule has 0 radical (unpaired) electrons. The third kappa shape index (κ3) is 4.07. The summed E-state index contributed by atoms with van der Waals surface area (Å²) in [5.41, 5.74) is -1.15. The Labute approximate surface area is 157 Å². The van der Waals surface area contributed by atoms with Gasteiger partial charge >= 0.3 is 11.9 Å². The van der Waals surface area contributed by atoms with Gasteiger partial charge in [0.2, 0.25) is 0 Å². The molecule has 1 aliphatic rings. The van der Waals surface area contributed by atoms with Crippen LogP contribution in [0.15, 0.2) is 24.3 Å². The van der Waals surface area contributed by atoms with Gasteiger partial charge in [-0.3, -0.25) is 14.4 Å². The maximum atomic E-state index is 12.7. The quantitative estimate of drug-likeness (QED) is 0.621. The largest absolute Gasteiger partial charge is 0.466 e. The fourth-order valence-electron chi connectivity index (χ4n) is 3.59. The molecular formula is C19H23ClO6. The predicted octanol–water partition coefficient (Wildman–Crippen LogP) is 2.51. The van der Waals surface area contributed by atoms with E-state index in [2.05, 4.69) is 0 Å². The summed E-state index contributed by atoms with van der Waals surface area (Å²) >= 11 is 6.07. The van der Waals surface area contributed by atoms with Crippen LogP contribution in [0.2, 0.25) is 5.02 Å². The van der Waals surface area contributed by atoms with Crippen LogP contribution < -0.4 is 0 Å². The van der Waals surface area contributed by atoms with Crippen molar-refractivity contribution in [2.45, 2.75) is 38.7 Å². The van der Waals surface area contributed by atoms with Gasteiger partial charge in [0.15, 0.2) is 5.78 Å². The van der Waals surface area contributed by atoms with E-state index in [1.807, 2.05) is 0 Å². The fraction of sp³-hybridized carbons (Fsp3) is 0.526. The van der Waals surface area contributed by atoms with Crippen molar-refractivity contribution in [3.05, 3.63) is 34.9 Å². The van der Waals surface area contributed by atoms with Gasteiger partial charge in [0.05, 0.1) is 24.7 Å². The van der Waals surface area contributed by atoms with Gasteiger partial charge in [-0.05, 0) is 38.5 Å². The van der Waals surface area contributed by atoms with E-state index in [9.17, 15) is 19.5 Å². The molecule has 1 fully saturated rings. The Balaban J connectivity index is 2.61. The number of carbonyl (C=O) groups excluding carboxylic acids is 3. The van der Waals surface area contributed by atoms with Gasteiger partial charge in [-0.1, -0.05) is 23.7 Å². The first-order valence-electron chi connectivity index (χ1n) is 8.56. The second kappa shape index (κ2) is 8.18. The number of carbonyl (C=O) groups is 3. The molecule has 0 spiro atoms. The van der Waals surface area contributed by atoms with E-state index < -0.39 is 41.1 Å². The number of hydrogen-bond acceptors (Lipinski definition) is 6. The van der Waals surface area contributed by atoms with Gasteiger partial charge in [-0.2, -0.15) is 0 Å². The molecule has 4 atom stereocenters. The number of aliphatic hydroxyl groups is 1. The number of hydrogen-bond donors (Lipinski definition) is 1. The van der Waals surface area contributed by atoms with Gasteiger partial charge in [-0.25, -0.2) is 0 Å². The molecule has 1 saturated carbocycles. The second-order valence-corrected chi connectivity index (χ2v) is 6.98.